The molecular formula is C11H12O2. The van der Waals surface area contributed by atoms with Gasteiger partial charge in [-0.15, -0.1) is 0 Å². The van der Waals surface area contributed by atoms with Gasteiger partial charge >= 0.3 is 5.97 Å². The summed E-state index contributed by atoms with van der Waals surface area (Å²) in [6, 6.07) is 0. The molecule has 0 N–H and O–H groups in total. The van der Waals surface area contributed by atoms with Gasteiger partial charge in [0.05, 0.1) is 7.11 Å². The van der Waals surface area contributed by atoms with Gasteiger partial charge < -0.3 is 4.74 Å². The molecule has 0 aromatic carbocycles. The third kappa shape index (κ3) is 1.22. The normalized spacial score (nSPS) is 33.0. The number of fused-ring (bicyclic) bond motifs is 2. The average molecular weight is 176 g/mol. The molecule has 68 valence electrons. The molecule has 0 spiro atoms. The van der Waals surface area contributed by atoms with Crippen LogP contribution in [0, 0.1) is 11.8 Å². The number of carbonyl (C=O) groups is 1. The highest BCUT2D eigenvalue weighted by atomic mass is 16.5. The van der Waals surface area contributed by atoms with Crippen LogP contribution in [0.1, 0.15) is 6.42 Å². The second-order valence-electron chi connectivity index (χ2n) is 3.50. The maximum absolute atomic E-state index is 11.0. The number of rotatable bonds is 1. The lowest BCUT2D eigenvalue weighted by atomic mass is 10.0. The van der Waals surface area contributed by atoms with Crippen molar-refractivity contribution in [1.29, 1.82) is 0 Å². The Hall–Kier alpha value is -1.31. The number of hydrogen-bond acceptors (Lipinski definition) is 2. The van der Waals surface area contributed by atoms with Gasteiger partial charge in [-0.25, -0.2) is 4.79 Å². The molecule has 2 atom stereocenters. The third-order valence-electron chi connectivity index (χ3n) is 2.73. The lowest BCUT2D eigenvalue weighted by Crippen LogP contribution is -2.00. The minimum Gasteiger partial charge on any atom is -0.466 e. The Balaban J connectivity index is 2.25. The Morgan fingerprint density at radius 1 is 1.69 bits per heavy atom. The van der Waals surface area contributed by atoms with E-state index in [1.165, 1.54) is 12.7 Å². The van der Waals surface area contributed by atoms with Crippen LogP contribution in [0.25, 0.3) is 0 Å². The Morgan fingerprint density at radius 2 is 2.46 bits per heavy atom. The summed E-state index contributed by atoms with van der Waals surface area (Å²) < 4.78 is 4.60. The van der Waals surface area contributed by atoms with Crippen LogP contribution < -0.4 is 0 Å². The third-order valence-corrected chi connectivity index (χ3v) is 2.73. The summed E-state index contributed by atoms with van der Waals surface area (Å²) in [6.07, 6.45) is 6.86. The molecule has 0 amide bonds. The van der Waals surface area contributed by atoms with E-state index in [0.717, 1.165) is 12.0 Å². The highest BCUT2D eigenvalue weighted by Gasteiger charge is 2.35. The molecule has 1 fully saturated rings. The van der Waals surface area contributed by atoms with Gasteiger partial charge in [0.15, 0.2) is 0 Å². The zero-order valence-corrected chi connectivity index (χ0v) is 7.62. The van der Waals surface area contributed by atoms with Gasteiger partial charge in [-0.2, -0.15) is 0 Å². The molecule has 2 unspecified atom stereocenters. The standard InChI is InChI=1S/C11H12O2/c1-7-5-8-3-4-9(7)10(8)6-11(12)13-2/h3-4,6,8-9H,1,5H2,2H3. The molecule has 0 aromatic heterocycles. The average Bonchev–Trinajstić information content (AvgIpc) is 2.61. The van der Waals surface area contributed by atoms with E-state index in [4.69, 9.17) is 0 Å². The van der Waals surface area contributed by atoms with Crippen molar-refractivity contribution in [1.82, 2.24) is 0 Å². The number of methoxy groups -OCH3 is 1. The number of ether oxygens (including phenoxy) is 1. The van der Waals surface area contributed by atoms with Crippen molar-refractivity contribution in [3.8, 4) is 0 Å². The van der Waals surface area contributed by atoms with E-state index >= 15 is 0 Å². The molecule has 2 bridgehead atoms. The quantitative estimate of drug-likeness (QED) is 0.346. The first-order valence-corrected chi connectivity index (χ1v) is 4.38. The molecule has 2 nitrogen and oxygen atoms in total. The van der Waals surface area contributed by atoms with Crippen LogP contribution in [-0.4, -0.2) is 13.1 Å². The van der Waals surface area contributed by atoms with Crippen LogP contribution in [0.4, 0.5) is 0 Å². The van der Waals surface area contributed by atoms with Gasteiger partial charge in [-0.1, -0.05) is 24.3 Å². The van der Waals surface area contributed by atoms with Crippen molar-refractivity contribution in [2.24, 2.45) is 11.8 Å². The molecule has 0 radical (unpaired) electrons. The second kappa shape index (κ2) is 2.87. The highest BCUT2D eigenvalue weighted by Crippen LogP contribution is 2.46. The Labute approximate surface area is 77.6 Å². The van der Waals surface area contributed by atoms with Gasteiger partial charge in [0.1, 0.15) is 0 Å². The largest absolute Gasteiger partial charge is 0.466 e. The van der Waals surface area contributed by atoms with E-state index in [9.17, 15) is 4.79 Å². The van der Waals surface area contributed by atoms with Crippen LogP contribution in [0.2, 0.25) is 0 Å². The molecule has 2 heteroatoms. The van der Waals surface area contributed by atoms with Crippen LogP contribution in [0.15, 0.2) is 36.0 Å². The van der Waals surface area contributed by atoms with E-state index in [0.29, 0.717) is 11.8 Å². The smallest absolute Gasteiger partial charge is 0.330 e. The Morgan fingerprint density at radius 3 is 2.92 bits per heavy atom. The fraction of sp³-hybridized carbons (Fsp3) is 0.364. The van der Waals surface area contributed by atoms with Crippen LogP contribution in [0.3, 0.4) is 0 Å². The Kier molecular flexibility index (Phi) is 1.83. The molecule has 2 aliphatic rings. The topological polar surface area (TPSA) is 26.3 Å². The SMILES string of the molecule is C=C1CC2C=CC1C2=CC(=O)OC. The van der Waals surface area contributed by atoms with Crippen molar-refractivity contribution in [2.45, 2.75) is 6.42 Å². The summed E-state index contributed by atoms with van der Waals surface area (Å²) in [6.45, 7) is 3.98. The van der Waals surface area contributed by atoms with E-state index in [-0.39, 0.29) is 5.97 Å². The summed E-state index contributed by atoms with van der Waals surface area (Å²) in [5.41, 5.74) is 2.36. The predicted molar refractivity (Wildman–Crippen MR) is 50.0 cm³/mol. The van der Waals surface area contributed by atoms with Gasteiger partial charge in [-0.05, 0) is 12.0 Å². The number of allylic oxidation sites excluding steroid dienone is 4. The number of hydrogen-bond donors (Lipinski definition) is 0. The minimum atomic E-state index is -0.261. The van der Waals surface area contributed by atoms with E-state index in [2.05, 4.69) is 23.5 Å². The fourth-order valence-corrected chi connectivity index (χ4v) is 2.06. The maximum atomic E-state index is 11.0. The van der Waals surface area contributed by atoms with Crippen molar-refractivity contribution in [3.63, 3.8) is 0 Å². The van der Waals surface area contributed by atoms with Crippen LogP contribution >= 0.6 is 0 Å². The van der Waals surface area contributed by atoms with Crippen LogP contribution in [-0.2, 0) is 9.53 Å². The van der Waals surface area contributed by atoms with E-state index < -0.39 is 0 Å². The zero-order chi connectivity index (χ0) is 9.42. The summed E-state index contributed by atoms with van der Waals surface area (Å²) >= 11 is 0. The lowest BCUT2D eigenvalue weighted by molar-refractivity contribution is -0.134. The highest BCUT2D eigenvalue weighted by molar-refractivity contribution is 5.83. The Bertz CT molecular complexity index is 323. The number of carbonyl (C=O) groups excluding carboxylic acids is 1. The molecular weight excluding hydrogens is 164 g/mol. The van der Waals surface area contributed by atoms with Crippen molar-refractivity contribution >= 4 is 5.97 Å². The molecule has 2 aliphatic carbocycles. The lowest BCUT2D eigenvalue weighted by Gasteiger charge is -2.03. The summed E-state index contributed by atoms with van der Waals surface area (Å²) in [5.74, 6) is 0.434. The first-order chi connectivity index (χ1) is 6.22. The summed E-state index contributed by atoms with van der Waals surface area (Å²) in [7, 11) is 1.40. The van der Waals surface area contributed by atoms with Gasteiger partial charge in [0, 0.05) is 17.9 Å². The number of esters is 1. The molecule has 0 heterocycles. The monoisotopic (exact) mass is 176 g/mol. The zero-order valence-electron chi connectivity index (χ0n) is 7.62. The van der Waals surface area contributed by atoms with E-state index in [1.54, 1.807) is 6.08 Å². The molecule has 13 heavy (non-hydrogen) atoms. The second-order valence-corrected chi connectivity index (χ2v) is 3.50. The molecule has 0 aromatic rings. The van der Waals surface area contributed by atoms with Crippen molar-refractivity contribution in [3.05, 3.63) is 36.0 Å². The van der Waals surface area contributed by atoms with Gasteiger partial charge in [0.25, 0.3) is 0 Å². The van der Waals surface area contributed by atoms with Crippen LogP contribution in [0.5, 0.6) is 0 Å². The first-order valence-electron chi connectivity index (χ1n) is 4.38. The maximum Gasteiger partial charge on any atom is 0.330 e. The van der Waals surface area contributed by atoms with Crippen molar-refractivity contribution in [2.75, 3.05) is 7.11 Å². The summed E-state index contributed by atoms with van der Waals surface area (Å²) in [5, 5.41) is 0. The molecule has 0 aliphatic heterocycles. The fourth-order valence-electron chi connectivity index (χ4n) is 2.06. The minimum absolute atomic E-state index is 0.261. The molecule has 1 saturated carbocycles. The molecule has 0 saturated heterocycles. The van der Waals surface area contributed by atoms with Gasteiger partial charge in [0.2, 0.25) is 0 Å². The predicted octanol–water partition coefficient (Wildman–Crippen LogP) is 1.85. The van der Waals surface area contributed by atoms with E-state index in [1.807, 2.05) is 0 Å². The molecule has 2 rings (SSSR count). The van der Waals surface area contributed by atoms with Gasteiger partial charge in [-0.3, -0.25) is 0 Å². The summed E-state index contributed by atoms with van der Waals surface area (Å²) in [4.78, 5) is 11.0. The first kappa shape index (κ1) is 8.30. The van der Waals surface area contributed by atoms with Crippen molar-refractivity contribution < 1.29 is 9.53 Å².